The number of aliphatic carboxylic acids is 1. The molecule has 0 aromatic heterocycles. The minimum Gasteiger partial charge on any atom is -0.550 e. The van der Waals surface area contributed by atoms with Gasteiger partial charge < -0.3 is 14.6 Å². The number of esters is 1. The summed E-state index contributed by atoms with van der Waals surface area (Å²) < 4.78 is 4.40. The quantitative estimate of drug-likeness (QED) is 0.300. The van der Waals surface area contributed by atoms with Gasteiger partial charge in [0.1, 0.15) is 0 Å². The van der Waals surface area contributed by atoms with Gasteiger partial charge in [0, 0.05) is 12.9 Å². The second-order valence-corrected chi connectivity index (χ2v) is 1.42. The second kappa shape index (κ2) is 12.6. The number of hydrogen-bond donors (Lipinski definition) is 0. The Labute approximate surface area is 88.2 Å². The van der Waals surface area contributed by atoms with Crippen LogP contribution in [0.25, 0.3) is 0 Å². The molecule has 4 nitrogen and oxygen atoms in total. The molecule has 0 N–H and O–H groups in total. The Morgan fingerprint density at radius 1 is 1.36 bits per heavy atom. The molecular weight excluding hydrogens is 159 g/mol. The number of carbonyl (C=O) groups is 2. The molecule has 0 bridgehead atoms. The van der Waals surface area contributed by atoms with E-state index in [2.05, 4.69) is 4.74 Å². The molecule has 0 aromatic carbocycles. The van der Waals surface area contributed by atoms with Crippen LogP contribution in [0.4, 0.5) is 0 Å². The van der Waals surface area contributed by atoms with Crippen LogP contribution in [0.5, 0.6) is 0 Å². The van der Waals surface area contributed by atoms with E-state index in [9.17, 15) is 4.79 Å². The standard InChI is InChI=1S/C4H8O2.C2H4O2.Na/c1-3-6-4(2)5;1-2(3)4;/h3H2,1-2H3;1H3,(H,3,4);/q;;+1/p-1. The van der Waals surface area contributed by atoms with Crippen LogP contribution in [0.15, 0.2) is 0 Å². The van der Waals surface area contributed by atoms with Crippen LogP contribution in [0.3, 0.4) is 0 Å². The minimum atomic E-state index is -1.08. The Balaban J connectivity index is -0.000000114. The average molecular weight is 170 g/mol. The van der Waals surface area contributed by atoms with E-state index in [1.165, 1.54) is 6.92 Å². The molecule has 0 saturated carbocycles. The molecule has 0 unspecified atom stereocenters. The maximum atomic E-state index is 9.82. The van der Waals surface area contributed by atoms with Gasteiger partial charge in [0.15, 0.2) is 0 Å². The molecule has 11 heavy (non-hydrogen) atoms. The monoisotopic (exact) mass is 170 g/mol. The summed E-state index contributed by atoms with van der Waals surface area (Å²) in [6, 6.07) is 0. The molecule has 0 spiro atoms. The summed E-state index contributed by atoms with van der Waals surface area (Å²) in [5, 5.41) is 8.89. The van der Waals surface area contributed by atoms with Gasteiger partial charge in [-0.2, -0.15) is 0 Å². The summed E-state index contributed by atoms with van der Waals surface area (Å²) in [5.41, 5.74) is 0. The molecule has 0 heterocycles. The largest absolute Gasteiger partial charge is 1.00 e. The van der Waals surface area contributed by atoms with Crippen LogP contribution in [-0.2, 0) is 14.3 Å². The fourth-order valence-corrected chi connectivity index (χ4v) is 0.203. The van der Waals surface area contributed by atoms with Crippen LogP contribution in [-0.4, -0.2) is 18.5 Å². The van der Waals surface area contributed by atoms with Crippen LogP contribution >= 0.6 is 0 Å². The predicted molar refractivity (Wildman–Crippen MR) is 33.0 cm³/mol. The first-order valence-electron chi connectivity index (χ1n) is 2.81. The van der Waals surface area contributed by atoms with Crippen LogP contribution in [0.1, 0.15) is 20.8 Å². The van der Waals surface area contributed by atoms with Gasteiger partial charge in [0.05, 0.1) is 6.61 Å². The average Bonchev–Trinajstić information content (AvgIpc) is 1.62. The van der Waals surface area contributed by atoms with E-state index >= 15 is 0 Å². The van der Waals surface area contributed by atoms with Crippen molar-refractivity contribution < 1.29 is 49.0 Å². The van der Waals surface area contributed by atoms with Crippen molar-refractivity contribution in [2.24, 2.45) is 0 Å². The van der Waals surface area contributed by atoms with E-state index in [1.807, 2.05) is 0 Å². The van der Waals surface area contributed by atoms with Crippen LogP contribution in [0, 0.1) is 0 Å². The number of carboxylic acid groups (broad SMARTS) is 1. The van der Waals surface area contributed by atoms with Gasteiger partial charge in [-0.05, 0) is 13.8 Å². The number of ether oxygens (including phenoxy) is 1. The molecule has 0 aliphatic heterocycles. The molecule has 0 fully saturated rings. The van der Waals surface area contributed by atoms with Crippen LogP contribution in [0.2, 0.25) is 0 Å². The third kappa shape index (κ3) is 72.5. The fraction of sp³-hybridized carbons (Fsp3) is 0.667. The van der Waals surface area contributed by atoms with E-state index in [1.54, 1.807) is 6.92 Å². The third-order valence-corrected chi connectivity index (χ3v) is 0.348. The molecule has 0 aliphatic carbocycles. The van der Waals surface area contributed by atoms with Crippen molar-refractivity contribution in [3.05, 3.63) is 0 Å². The summed E-state index contributed by atoms with van der Waals surface area (Å²) in [4.78, 5) is 18.7. The Bertz CT molecular complexity index is 109. The number of hydrogen-bond acceptors (Lipinski definition) is 4. The van der Waals surface area contributed by atoms with Crippen molar-refractivity contribution in [2.75, 3.05) is 6.61 Å². The van der Waals surface area contributed by atoms with Gasteiger partial charge in [0.25, 0.3) is 0 Å². The van der Waals surface area contributed by atoms with E-state index in [4.69, 9.17) is 9.90 Å². The molecular formula is C6H11NaO4. The summed E-state index contributed by atoms with van der Waals surface area (Å²) in [6.45, 7) is 4.63. The molecule has 5 heteroatoms. The first-order valence-corrected chi connectivity index (χ1v) is 2.81. The molecule has 0 saturated heterocycles. The normalized spacial score (nSPS) is 6.45. The third-order valence-electron chi connectivity index (χ3n) is 0.348. The summed E-state index contributed by atoms with van der Waals surface area (Å²) in [6.07, 6.45) is 0. The summed E-state index contributed by atoms with van der Waals surface area (Å²) in [7, 11) is 0. The Kier molecular flexibility index (Phi) is 19.6. The van der Waals surface area contributed by atoms with Crippen molar-refractivity contribution in [1.29, 1.82) is 0 Å². The zero-order valence-corrected chi connectivity index (χ0v) is 9.34. The first kappa shape index (κ1) is 17.1. The molecule has 0 radical (unpaired) electrons. The molecule has 60 valence electrons. The topological polar surface area (TPSA) is 66.4 Å². The Morgan fingerprint density at radius 2 is 1.64 bits per heavy atom. The smallest absolute Gasteiger partial charge is 0.550 e. The fourth-order valence-electron chi connectivity index (χ4n) is 0.203. The first-order chi connectivity index (χ1) is 4.50. The number of carbonyl (C=O) groups excluding carboxylic acids is 2. The second-order valence-electron chi connectivity index (χ2n) is 1.42. The predicted octanol–water partition coefficient (Wildman–Crippen LogP) is -3.67. The number of rotatable bonds is 1. The van der Waals surface area contributed by atoms with Gasteiger partial charge in [-0.15, -0.1) is 0 Å². The van der Waals surface area contributed by atoms with Crippen molar-refractivity contribution in [3.63, 3.8) is 0 Å². The maximum absolute atomic E-state index is 9.82. The molecule has 0 aromatic rings. The molecule has 0 aliphatic rings. The Hall–Kier alpha value is -0.0600. The summed E-state index contributed by atoms with van der Waals surface area (Å²) in [5.74, 6) is -1.29. The van der Waals surface area contributed by atoms with Gasteiger partial charge in [0.2, 0.25) is 0 Å². The van der Waals surface area contributed by atoms with E-state index < -0.39 is 5.97 Å². The van der Waals surface area contributed by atoms with Crippen molar-refractivity contribution in [1.82, 2.24) is 0 Å². The zero-order chi connectivity index (χ0) is 8.57. The van der Waals surface area contributed by atoms with Crippen LogP contribution < -0.4 is 34.7 Å². The van der Waals surface area contributed by atoms with E-state index in [-0.39, 0.29) is 35.5 Å². The van der Waals surface area contributed by atoms with Crippen molar-refractivity contribution in [2.45, 2.75) is 20.8 Å². The van der Waals surface area contributed by atoms with Crippen molar-refractivity contribution >= 4 is 11.9 Å². The maximum Gasteiger partial charge on any atom is 1.00 e. The van der Waals surface area contributed by atoms with Gasteiger partial charge in [-0.25, -0.2) is 0 Å². The molecule has 0 rings (SSSR count). The molecule has 0 amide bonds. The minimum absolute atomic E-state index is 0. The van der Waals surface area contributed by atoms with Gasteiger partial charge in [-0.3, -0.25) is 4.79 Å². The van der Waals surface area contributed by atoms with Crippen molar-refractivity contribution in [3.8, 4) is 0 Å². The SMILES string of the molecule is CC(=O)[O-].CCOC(C)=O.[Na+]. The molecule has 0 atom stereocenters. The zero-order valence-electron chi connectivity index (χ0n) is 7.34. The number of carboxylic acids is 1. The van der Waals surface area contributed by atoms with E-state index in [0.29, 0.717) is 6.61 Å². The Morgan fingerprint density at radius 3 is 1.64 bits per heavy atom. The van der Waals surface area contributed by atoms with E-state index in [0.717, 1.165) is 6.92 Å². The van der Waals surface area contributed by atoms with Gasteiger partial charge in [-0.1, -0.05) is 0 Å². The summed E-state index contributed by atoms with van der Waals surface area (Å²) >= 11 is 0. The van der Waals surface area contributed by atoms with Gasteiger partial charge >= 0.3 is 35.5 Å².